The predicted octanol–water partition coefficient (Wildman–Crippen LogP) is 7.21. The molecule has 0 spiro atoms. The number of rotatable bonds is 8. The Morgan fingerprint density at radius 1 is 0.650 bits per heavy atom. The van der Waals surface area contributed by atoms with Gasteiger partial charge in [-0.3, -0.25) is 0 Å². The summed E-state index contributed by atoms with van der Waals surface area (Å²) in [5.74, 6) is 0. The standard InChI is InChI=1S/C15H34P2.Co.2HI/c1-12(2)16(13(3)4)10-9-11-17(14(5)6)15(7)8;;;/h12-15H,9-11H2,1-8H3;;2*1H/q;+2;;. The van der Waals surface area contributed by atoms with Crippen LogP contribution in [0.3, 0.4) is 0 Å². The van der Waals surface area contributed by atoms with Gasteiger partial charge in [-0.1, -0.05) is 0 Å². The van der Waals surface area contributed by atoms with Crippen LogP contribution in [0.25, 0.3) is 0 Å². The molecule has 0 aromatic rings. The Hall–Kier alpha value is 2.83. The molecular formula is C15H36CoI2P2+2. The molecule has 0 aromatic carbocycles. The van der Waals surface area contributed by atoms with E-state index in [2.05, 4.69) is 96.2 Å². The molecule has 0 N–H and O–H groups in total. The van der Waals surface area contributed by atoms with Crippen LogP contribution < -0.4 is 0 Å². The maximum atomic E-state index is 2.44. The summed E-state index contributed by atoms with van der Waals surface area (Å²) in [6.45, 7) is 19.5. The fraction of sp³-hybridized carbons (Fsp3) is 1.00. The zero-order valence-electron chi connectivity index (χ0n) is 14.5. The Kier molecular flexibility index (Phi) is 19.3. The van der Waals surface area contributed by atoms with Crippen LogP contribution in [0.2, 0.25) is 0 Å². The van der Waals surface area contributed by atoms with Crippen LogP contribution >= 0.6 is 56.7 Å². The molecule has 0 rings (SSSR count). The Balaban J connectivity index is 0. The van der Waals surface area contributed by atoms with Crippen molar-refractivity contribution in [2.75, 3.05) is 12.3 Å². The predicted molar refractivity (Wildman–Crippen MR) is 120 cm³/mol. The molecule has 0 bridgehead atoms. The first-order valence-electron chi connectivity index (χ1n) is 7.73. The van der Waals surface area contributed by atoms with Gasteiger partial charge in [0, 0.05) is 22.3 Å². The van der Waals surface area contributed by atoms with E-state index in [0.717, 1.165) is 22.6 Å². The molecule has 5 heteroatoms. The molecule has 0 heterocycles. The van der Waals surface area contributed by atoms with Gasteiger partial charge in [-0.15, -0.1) is 0 Å². The first-order valence-corrected chi connectivity index (χ1v) is 18.2. The average molecular weight is 591 g/mol. The van der Waals surface area contributed by atoms with Crippen molar-refractivity contribution in [2.45, 2.75) is 84.4 Å². The second-order valence-electron chi connectivity index (χ2n) is 6.67. The van der Waals surface area contributed by atoms with Crippen molar-refractivity contribution in [2.24, 2.45) is 0 Å². The van der Waals surface area contributed by atoms with Gasteiger partial charge in [0.05, 0.1) is 35.0 Å². The van der Waals surface area contributed by atoms with E-state index < -0.39 is 0 Å². The van der Waals surface area contributed by atoms with E-state index in [9.17, 15) is 0 Å². The topological polar surface area (TPSA) is 0 Å². The van der Waals surface area contributed by atoms with Gasteiger partial charge < -0.3 is 0 Å². The first kappa shape index (κ1) is 25.1. The summed E-state index contributed by atoms with van der Waals surface area (Å²) >= 11 is 4.49. The molecule has 0 saturated heterocycles. The molecule has 0 radical (unpaired) electrons. The molecule has 0 fully saturated rings. The summed E-state index contributed by atoms with van der Waals surface area (Å²) in [5.41, 5.74) is 3.81. The third kappa shape index (κ3) is 13.3. The van der Waals surface area contributed by atoms with Gasteiger partial charge in [0.1, 0.15) is 0 Å². The summed E-state index contributed by atoms with van der Waals surface area (Å²) < 4.78 is 0. The molecule has 0 unspecified atom stereocenters. The van der Waals surface area contributed by atoms with Gasteiger partial charge in [0.2, 0.25) is 0 Å². The molecule has 0 atom stereocenters. The molecule has 127 valence electrons. The third-order valence-electron chi connectivity index (χ3n) is 3.90. The number of hydrogen-bond acceptors (Lipinski definition) is 0. The summed E-state index contributed by atoms with van der Waals surface area (Å²) in [4.78, 5) is 0. The molecule has 0 aliphatic heterocycles. The van der Waals surface area contributed by atoms with Crippen molar-refractivity contribution in [1.29, 1.82) is 0 Å². The van der Waals surface area contributed by atoms with Gasteiger partial charge in [0.25, 0.3) is 0 Å². The van der Waals surface area contributed by atoms with E-state index >= 15 is 0 Å². The van der Waals surface area contributed by atoms with E-state index in [1.807, 2.05) is 0 Å². The van der Waals surface area contributed by atoms with E-state index in [-0.39, 0.29) is 15.8 Å². The van der Waals surface area contributed by atoms with Crippen molar-refractivity contribution in [3.8, 4) is 0 Å². The maximum absolute atomic E-state index is 2.44. The van der Waals surface area contributed by atoms with Gasteiger partial charge in [-0.2, -0.15) is 0 Å². The minimum absolute atomic E-state index is 0.109. The molecule has 0 aliphatic rings. The summed E-state index contributed by atoms with van der Waals surface area (Å²) in [6, 6.07) is 0. The normalized spacial score (nSPS) is 12.2. The molecule has 0 saturated carbocycles. The van der Waals surface area contributed by atoms with Crippen LogP contribution in [0.1, 0.15) is 61.8 Å². The zero-order chi connectivity index (χ0) is 16.3. The Labute approximate surface area is 160 Å². The van der Waals surface area contributed by atoms with Gasteiger partial charge in [-0.25, -0.2) is 0 Å². The van der Waals surface area contributed by atoms with Crippen LogP contribution in [-0.4, -0.2) is 35.0 Å². The molecule has 0 nitrogen and oxygen atoms in total. The van der Waals surface area contributed by atoms with Crippen molar-refractivity contribution in [1.82, 2.24) is 0 Å². The zero-order valence-corrected chi connectivity index (χ0v) is 21.9. The van der Waals surface area contributed by atoms with Gasteiger partial charge in [-0.05, 0) is 55.4 Å². The fourth-order valence-electron chi connectivity index (χ4n) is 2.98. The van der Waals surface area contributed by atoms with Gasteiger partial charge >= 0.3 is 49.1 Å². The summed E-state index contributed by atoms with van der Waals surface area (Å²) in [7, 11) is 1.16. The second kappa shape index (κ2) is 15.4. The SMILES string of the molecule is CC(C)[PH+](CCC[PH+](C(C)C)C(C)C)C(C)C.[I][Co][I]. The molecule has 0 amide bonds. The van der Waals surface area contributed by atoms with E-state index in [0.29, 0.717) is 0 Å². The van der Waals surface area contributed by atoms with E-state index in [1.54, 1.807) is 12.3 Å². The molecule has 0 aromatic heterocycles. The molecule has 20 heavy (non-hydrogen) atoms. The van der Waals surface area contributed by atoms with Gasteiger partial charge in [0.15, 0.2) is 0 Å². The van der Waals surface area contributed by atoms with Crippen molar-refractivity contribution in [3.05, 3.63) is 0 Å². The average Bonchev–Trinajstić information content (AvgIpc) is 2.27. The van der Waals surface area contributed by atoms with Crippen molar-refractivity contribution >= 4 is 56.7 Å². The quantitative estimate of drug-likeness (QED) is 0.207. The van der Waals surface area contributed by atoms with Crippen LogP contribution in [-0.2, 0) is 8.26 Å². The minimum atomic E-state index is -0.109. The van der Waals surface area contributed by atoms with Crippen LogP contribution in [0.15, 0.2) is 0 Å². The Bertz CT molecular complexity index is 176. The monoisotopic (exact) mass is 591 g/mol. The number of hydrogen-bond donors (Lipinski definition) is 0. The fourth-order valence-corrected chi connectivity index (χ4v) is 9.48. The molecule has 0 aliphatic carbocycles. The Morgan fingerprint density at radius 3 is 1.00 bits per heavy atom. The van der Waals surface area contributed by atoms with Crippen LogP contribution in [0, 0.1) is 0 Å². The van der Waals surface area contributed by atoms with Crippen molar-refractivity contribution in [3.63, 3.8) is 0 Å². The summed E-state index contributed by atoms with van der Waals surface area (Å²) in [5, 5.41) is 0. The van der Waals surface area contributed by atoms with Crippen molar-refractivity contribution < 1.29 is 8.26 Å². The Morgan fingerprint density at radius 2 is 0.850 bits per heavy atom. The van der Waals surface area contributed by atoms with E-state index in [1.165, 1.54) is 14.7 Å². The van der Waals surface area contributed by atoms with Crippen LogP contribution in [0.5, 0.6) is 0 Å². The third-order valence-corrected chi connectivity index (χ3v) is 11.7. The second-order valence-corrected chi connectivity index (χ2v) is 23.4. The number of halogens is 2. The molecular weight excluding hydrogens is 555 g/mol. The first-order chi connectivity index (χ1) is 9.18. The van der Waals surface area contributed by atoms with E-state index in [4.69, 9.17) is 0 Å². The summed E-state index contributed by atoms with van der Waals surface area (Å²) in [6.07, 6.45) is 4.61. The van der Waals surface area contributed by atoms with Crippen LogP contribution in [0.4, 0.5) is 0 Å².